The zero-order valence-electron chi connectivity index (χ0n) is 4.91. The van der Waals surface area contributed by atoms with E-state index in [1.165, 1.54) is 0 Å². The van der Waals surface area contributed by atoms with Crippen LogP contribution in [0.1, 0.15) is 19.3 Å². The van der Waals surface area contributed by atoms with Gasteiger partial charge in [-0.25, -0.2) is 0 Å². The molecule has 0 N–H and O–H groups in total. The minimum Gasteiger partial charge on any atom is -0.262 e. The van der Waals surface area contributed by atoms with Crippen molar-refractivity contribution in [3.63, 3.8) is 0 Å². The van der Waals surface area contributed by atoms with Crippen LogP contribution in [0, 0.1) is 0 Å². The van der Waals surface area contributed by atoms with Gasteiger partial charge < -0.3 is 0 Å². The van der Waals surface area contributed by atoms with Crippen LogP contribution in [-0.4, -0.2) is 16.4 Å². The fourth-order valence-electron chi connectivity index (χ4n) is 1.34. The molecule has 1 aliphatic carbocycles. The van der Waals surface area contributed by atoms with Crippen LogP contribution in [0.15, 0.2) is 0 Å². The quantitative estimate of drug-likeness (QED) is 0.502. The van der Waals surface area contributed by atoms with Gasteiger partial charge in [0.25, 0.3) is 0 Å². The molecule has 0 aromatic rings. The molecule has 2 aliphatic rings. The van der Waals surface area contributed by atoms with E-state index in [0.717, 1.165) is 19.3 Å². The predicted molar refractivity (Wildman–Crippen MR) is 31.7 cm³/mol. The Bertz CT molecular complexity index is 133. The average molecular weight is 148 g/mol. The van der Waals surface area contributed by atoms with Gasteiger partial charge in [0.15, 0.2) is 0 Å². The number of rotatable bonds is 0. The molecule has 0 bridgehead atoms. The average Bonchev–Trinajstić information content (AvgIpc) is 2.22. The Morgan fingerprint density at radius 2 is 1.78 bits per heavy atom. The van der Waals surface area contributed by atoms with Crippen LogP contribution in [0.5, 0.6) is 0 Å². The van der Waals surface area contributed by atoms with E-state index < -0.39 is 11.4 Å². The Kier molecular flexibility index (Phi) is 1.32. The lowest BCUT2D eigenvalue weighted by Gasteiger charge is -1.98. The molecule has 2 fully saturated rings. The molecule has 52 valence electrons. The highest BCUT2D eigenvalue weighted by Gasteiger charge is 2.38. The number of hydrogen-bond acceptors (Lipinski definition) is 3. The van der Waals surface area contributed by atoms with E-state index in [9.17, 15) is 4.21 Å². The second-order valence-corrected chi connectivity index (χ2v) is 3.20. The third-order valence-corrected chi connectivity index (χ3v) is 2.60. The third kappa shape index (κ3) is 0.911. The molecule has 0 amide bonds. The van der Waals surface area contributed by atoms with Gasteiger partial charge >= 0.3 is 11.4 Å². The van der Waals surface area contributed by atoms with Crippen molar-refractivity contribution in [2.24, 2.45) is 0 Å². The van der Waals surface area contributed by atoms with E-state index in [1.54, 1.807) is 0 Å². The van der Waals surface area contributed by atoms with Crippen molar-refractivity contribution in [2.75, 3.05) is 0 Å². The van der Waals surface area contributed by atoms with Crippen LogP contribution >= 0.6 is 0 Å². The van der Waals surface area contributed by atoms with E-state index in [0.29, 0.717) is 0 Å². The van der Waals surface area contributed by atoms with Gasteiger partial charge in [-0.1, -0.05) is 0 Å². The Morgan fingerprint density at radius 1 is 1.22 bits per heavy atom. The van der Waals surface area contributed by atoms with Crippen LogP contribution in [0.25, 0.3) is 0 Å². The van der Waals surface area contributed by atoms with Gasteiger partial charge in [0, 0.05) is 0 Å². The zero-order valence-corrected chi connectivity index (χ0v) is 5.73. The third-order valence-electron chi connectivity index (χ3n) is 1.80. The first-order chi connectivity index (χ1) is 4.36. The molecule has 0 aromatic carbocycles. The van der Waals surface area contributed by atoms with Crippen molar-refractivity contribution < 1.29 is 12.6 Å². The summed E-state index contributed by atoms with van der Waals surface area (Å²) in [7, 11) is 0. The molecular formula is C5H8O3S. The van der Waals surface area contributed by atoms with Crippen molar-refractivity contribution in [3.05, 3.63) is 0 Å². The van der Waals surface area contributed by atoms with Gasteiger partial charge in [-0.3, -0.25) is 8.37 Å². The molecule has 1 saturated carbocycles. The first-order valence-electron chi connectivity index (χ1n) is 3.12. The maximum atomic E-state index is 10.5. The fraction of sp³-hybridized carbons (Fsp3) is 1.00. The zero-order chi connectivity index (χ0) is 6.27. The van der Waals surface area contributed by atoms with Crippen LogP contribution < -0.4 is 0 Å². The summed E-state index contributed by atoms with van der Waals surface area (Å²) < 4.78 is 20.4. The van der Waals surface area contributed by atoms with E-state index in [4.69, 9.17) is 8.37 Å². The summed E-state index contributed by atoms with van der Waals surface area (Å²) in [6, 6.07) is 0. The molecule has 0 aromatic heterocycles. The van der Waals surface area contributed by atoms with E-state index in [1.807, 2.05) is 0 Å². The summed E-state index contributed by atoms with van der Waals surface area (Å²) >= 11 is -1.43. The molecule has 9 heavy (non-hydrogen) atoms. The van der Waals surface area contributed by atoms with Gasteiger partial charge in [-0.15, -0.1) is 0 Å². The molecule has 4 heteroatoms. The largest absolute Gasteiger partial charge is 0.305 e. The van der Waals surface area contributed by atoms with Crippen molar-refractivity contribution in [1.82, 2.24) is 0 Å². The summed E-state index contributed by atoms with van der Waals surface area (Å²) in [6.45, 7) is 0. The van der Waals surface area contributed by atoms with Gasteiger partial charge in [0.2, 0.25) is 0 Å². The van der Waals surface area contributed by atoms with Gasteiger partial charge in [-0.05, 0) is 19.3 Å². The number of hydrogen-bond donors (Lipinski definition) is 0. The lowest BCUT2D eigenvalue weighted by atomic mass is 10.3. The first kappa shape index (κ1) is 5.82. The second-order valence-electron chi connectivity index (χ2n) is 2.40. The van der Waals surface area contributed by atoms with Gasteiger partial charge in [-0.2, -0.15) is 4.21 Å². The lowest BCUT2D eigenvalue weighted by molar-refractivity contribution is 0.187. The Morgan fingerprint density at radius 3 is 2.33 bits per heavy atom. The standard InChI is InChI=1S/C5H8O3S/c6-9-7-4-2-1-3-5(4)8-9/h4-5H,1-3H2. The Balaban J connectivity index is 2.09. The van der Waals surface area contributed by atoms with E-state index >= 15 is 0 Å². The highest BCUT2D eigenvalue weighted by atomic mass is 32.2. The predicted octanol–water partition coefficient (Wildman–Crippen LogP) is 0.533. The normalized spacial score (nSPS) is 49.6. The van der Waals surface area contributed by atoms with Crippen LogP contribution in [0.2, 0.25) is 0 Å². The summed E-state index contributed by atoms with van der Waals surface area (Å²) in [4.78, 5) is 0. The maximum absolute atomic E-state index is 10.5. The topological polar surface area (TPSA) is 35.5 Å². The van der Waals surface area contributed by atoms with E-state index in [-0.39, 0.29) is 12.2 Å². The van der Waals surface area contributed by atoms with Gasteiger partial charge in [0.05, 0.1) is 0 Å². The fourth-order valence-corrected chi connectivity index (χ4v) is 2.23. The summed E-state index contributed by atoms with van der Waals surface area (Å²) in [6.07, 6.45) is 3.43. The Hall–Kier alpha value is 0.0700. The van der Waals surface area contributed by atoms with E-state index in [2.05, 4.69) is 0 Å². The smallest absolute Gasteiger partial charge is 0.262 e. The molecule has 1 saturated heterocycles. The summed E-state index contributed by atoms with van der Waals surface area (Å²) in [5.74, 6) is 0. The maximum Gasteiger partial charge on any atom is 0.305 e. The van der Waals surface area contributed by atoms with Gasteiger partial charge in [0.1, 0.15) is 12.2 Å². The molecule has 1 aliphatic heterocycles. The minimum atomic E-state index is -1.43. The van der Waals surface area contributed by atoms with Crippen LogP contribution in [0.3, 0.4) is 0 Å². The molecule has 2 rings (SSSR count). The van der Waals surface area contributed by atoms with Crippen LogP contribution in [-0.2, 0) is 19.7 Å². The van der Waals surface area contributed by atoms with Crippen molar-refractivity contribution in [2.45, 2.75) is 31.5 Å². The minimum absolute atomic E-state index is 0.130. The molecule has 3 nitrogen and oxygen atoms in total. The number of fused-ring (bicyclic) bond motifs is 1. The monoisotopic (exact) mass is 148 g/mol. The summed E-state index contributed by atoms with van der Waals surface area (Å²) in [5.41, 5.74) is 0. The first-order valence-corrected chi connectivity index (χ1v) is 4.12. The lowest BCUT2D eigenvalue weighted by Crippen LogP contribution is -2.13. The SMILES string of the molecule is O=S1OC2CCCC2O1. The molecule has 2 atom stereocenters. The highest BCUT2D eigenvalue weighted by molar-refractivity contribution is 7.75. The molecular weight excluding hydrogens is 140 g/mol. The molecule has 1 heterocycles. The summed E-state index contributed by atoms with van der Waals surface area (Å²) in [5, 5.41) is 0. The van der Waals surface area contributed by atoms with Crippen molar-refractivity contribution in [3.8, 4) is 0 Å². The molecule has 2 unspecified atom stereocenters. The molecule has 0 spiro atoms. The highest BCUT2D eigenvalue weighted by Crippen LogP contribution is 2.31. The van der Waals surface area contributed by atoms with Crippen molar-refractivity contribution in [1.29, 1.82) is 0 Å². The van der Waals surface area contributed by atoms with Crippen LogP contribution in [0.4, 0.5) is 0 Å². The van der Waals surface area contributed by atoms with Crippen molar-refractivity contribution >= 4 is 11.4 Å². The Labute approximate surface area is 56.2 Å². The molecule has 0 radical (unpaired) electrons. The second kappa shape index (κ2) is 2.04.